The summed E-state index contributed by atoms with van der Waals surface area (Å²) in [6.07, 6.45) is -11.6. The normalized spacial score (nSPS) is 13.9. The second kappa shape index (κ2) is 5.00. The van der Waals surface area contributed by atoms with E-state index in [1.54, 1.807) is 0 Å². The average molecular weight is 326 g/mol. The Morgan fingerprint density at radius 1 is 1.00 bits per heavy atom. The van der Waals surface area contributed by atoms with Crippen LogP contribution in [0.1, 0.15) is 11.3 Å². The van der Waals surface area contributed by atoms with E-state index in [4.69, 9.17) is 0 Å². The summed E-state index contributed by atoms with van der Waals surface area (Å²) in [5.74, 6) is -6.76. The van der Waals surface area contributed by atoms with Gasteiger partial charge in [-0.3, -0.25) is 4.68 Å². The molecule has 0 aliphatic heterocycles. The van der Waals surface area contributed by atoms with Crippen LogP contribution < -0.4 is 5.43 Å². The fourth-order valence-corrected chi connectivity index (χ4v) is 1.49. The summed E-state index contributed by atoms with van der Waals surface area (Å²) in [5.41, 5.74) is -2.55. The number of halogens is 8. The summed E-state index contributed by atoms with van der Waals surface area (Å²) in [7, 11) is 3.28. The van der Waals surface area contributed by atoms with Crippen molar-refractivity contribution in [2.75, 3.05) is 19.5 Å². The molecule has 0 saturated heterocycles. The number of alkyl halides is 8. The molecular weight excluding hydrogens is 316 g/mol. The summed E-state index contributed by atoms with van der Waals surface area (Å²) in [6, 6.07) is 0. The Morgan fingerprint density at radius 2 is 1.48 bits per heavy atom. The molecule has 0 fully saturated rings. The zero-order chi connectivity index (χ0) is 16.8. The SMILES string of the molecule is CN(C)Nc1c(C(F)(F)F)c(C(F)(F)C(F)(F)F)nn1C. The quantitative estimate of drug-likeness (QED) is 0.685. The van der Waals surface area contributed by atoms with Gasteiger partial charge < -0.3 is 5.43 Å². The van der Waals surface area contributed by atoms with Crippen LogP contribution in [0.25, 0.3) is 0 Å². The predicted octanol–water partition coefficient (Wildman–Crippen LogP) is 2.98. The Bertz CT molecular complexity index is 513. The average Bonchev–Trinajstić information content (AvgIpc) is 2.53. The molecule has 0 amide bonds. The molecule has 0 aliphatic rings. The van der Waals surface area contributed by atoms with E-state index in [1.165, 1.54) is 14.1 Å². The van der Waals surface area contributed by atoms with Gasteiger partial charge in [0.15, 0.2) is 11.5 Å². The molecule has 0 aliphatic carbocycles. The Hall–Kier alpha value is -1.59. The molecular formula is C9H10F8N4. The highest BCUT2D eigenvalue weighted by atomic mass is 19.4. The molecule has 122 valence electrons. The van der Waals surface area contributed by atoms with Gasteiger partial charge in [0.2, 0.25) is 0 Å². The molecule has 0 spiro atoms. The van der Waals surface area contributed by atoms with Gasteiger partial charge in [0.1, 0.15) is 5.56 Å². The molecule has 21 heavy (non-hydrogen) atoms. The fourth-order valence-electron chi connectivity index (χ4n) is 1.49. The molecule has 4 nitrogen and oxygen atoms in total. The highest BCUT2D eigenvalue weighted by Gasteiger charge is 2.64. The summed E-state index contributed by atoms with van der Waals surface area (Å²) in [6.45, 7) is 0. The van der Waals surface area contributed by atoms with Gasteiger partial charge in [0, 0.05) is 21.1 Å². The van der Waals surface area contributed by atoms with Crippen LogP contribution in [0, 0.1) is 0 Å². The molecule has 12 heteroatoms. The van der Waals surface area contributed by atoms with Crippen molar-refractivity contribution in [2.24, 2.45) is 7.05 Å². The maximum Gasteiger partial charge on any atom is 0.459 e. The van der Waals surface area contributed by atoms with E-state index in [9.17, 15) is 35.1 Å². The second-order valence-corrected chi connectivity index (χ2v) is 4.27. The number of anilines is 1. The molecule has 1 heterocycles. The number of aryl methyl sites for hydroxylation is 1. The summed E-state index contributed by atoms with van der Waals surface area (Å²) < 4.78 is 102. The van der Waals surface area contributed by atoms with E-state index in [2.05, 4.69) is 5.10 Å². The number of nitrogens with one attached hydrogen (secondary N) is 1. The highest BCUT2D eigenvalue weighted by molar-refractivity contribution is 5.50. The monoisotopic (exact) mass is 326 g/mol. The number of hydrazine groups is 1. The fraction of sp³-hybridized carbons (Fsp3) is 0.667. The van der Waals surface area contributed by atoms with Crippen LogP contribution in [-0.2, 0) is 19.1 Å². The Labute approximate surface area is 113 Å². The van der Waals surface area contributed by atoms with E-state index in [-0.39, 0.29) is 4.68 Å². The van der Waals surface area contributed by atoms with Crippen molar-refractivity contribution in [3.05, 3.63) is 11.3 Å². The Morgan fingerprint density at radius 3 is 1.81 bits per heavy atom. The Kier molecular flexibility index (Phi) is 4.16. The number of aromatic nitrogens is 2. The summed E-state index contributed by atoms with van der Waals surface area (Å²) in [5, 5.41) is 3.65. The lowest BCUT2D eigenvalue weighted by atomic mass is 10.1. The number of hydrogen-bond acceptors (Lipinski definition) is 3. The third-order valence-corrected chi connectivity index (χ3v) is 2.31. The van der Waals surface area contributed by atoms with Gasteiger partial charge in [0.25, 0.3) is 0 Å². The van der Waals surface area contributed by atoms with Crippen LogP contribution in [0.4, 0.5) is 40.9 Å². The van der Waals surface area contributed by atoms with Crippen LogP contribution in [0.3, 0.4) is 0 Å². The summed E-state index contributed by atoms with van der Waals surface area (Å²) >= 11 is 0. The first-order valence-electron chi connectivity index (χ1n) is 5.22. The van der Waals surface area contributed by atoms with Gasteiger partial charge in [-0.15, -0.1) is 0 Å². The largest absolute Gasteiger partial charge is 0.459 e. The van der Waals surface area contributed by atoms with E-state index in [0.717, 1.165) is 12.1 Å². The zero-order valence-corrected chi connectivity index (χ0v) is 10.9. The van der Waals surface area contributed by atoms with Crippen LogP contribution in [0.5, 0.6) is 0 Å². The van der Waals surface area contributed by atoms with Crippen molar-refractivity contribution in [1.29, 1.82) is 0 Å². The van der Waals surface area contributed by atoms with Crippen molar-refractivity contribution in [1.82, 2.24) is 14.8 Å². The van der Waals surface area contributed by atoms with Crippen molar-refractivity contribution in [3.8, 4) is 0 Å². The third kappa shape index (κ3) is 3.19. The minimum atomic E-state index is -6.20. The van der Waals surface area contributed by atoms with Gasteiger partial charge in [-0.05, 0) is 0 Å². The second-order valence-electron chi connectivity index (χ2n) is 4.27. The zero-order valence-electron chi connectivity index (χ0n) is 10.9. The minimum Gasteiger partial charge on any atom is -0.303 e. The molecule has 0 aromatic carbocycles. The van der Waals surface area contributed by atoms with E-state index < -0.39 is 35.4 Å². The highest BCUT2D eigenvalue weighted by Crippen LogP contribution is 2.49. The van der Waals surface area contributed by atoms with Gasteiger partial charge in [-0.2, -0.15) is 40.2 Å². The van der Waals surface area contributed by atoms with E-state index >= 15 is 0 Å². The number of rotatable bonds is 3. The van der Waals surface area contributed by atoms with Crippen molar-refractivity contribution >= 4 is 5.82 Å². The van der Waals surface area contributed by atoms with Gasteiger partial charge >= 0.3 is 18.3 Å². The first-order chi connectivity index (χ1) is 9.19. The minimum absolute atomic E-state index is 0.276. The molecule has 1 N–H and O–H groups in total. The van der Waals surface area contributed by atoms with Crippen LogP contribution in [0.15, 0.2) is 0 Å². The smallest absolute Gasteiger partial charge is 0.303 e. The van der Waals surface area contributed by atoms with Crippen LogP contribution in [-0.4, -0.2) is 35.1 Å². The van der Waals surface area contributed by atoms with E-state index in [1.807, 2.05) is 5.43 Å². The standard InChI is InChI=1S/C9H10F8N4/c1-20(2)19-6-4(8(12,13)14)5(18-21(6)3)7(10,11)9(15,16)17/h19H,1-3H3. The first-order valence-corrected chi connectivity index (χ1v) is 5.22. The molecule has 0 radical (unpaired) electrons. The lowest BCUT2D eigenvalue weighted by Crippen LogP contribution is -2.36. The van der Waals surface area contributed by atoms with Crippen molar-refractivity contribution in [2.45, 2.75) is 18.3 Å². The lowest BCUT2D eigenvalue weighted by molar-refractivity contribution is -0.292. The number of hydrogen-bond donors (Lipinski definition) is 1. The molecule has 0 saturated carbocycles. The molecule has 1 aromatic rings. The van der Waals surface area contributed by atoms with Gasteiger partial charge in [-0.1, -0.05) is 0 Å². The third-order valence-electron chi connectivity index (χ3n) is 2.31. The topological polar surface area (TPSA) is 33.1 Å². The first kappa shape index (κ1) is 17.5. The molecule has 0 atom stereocenters. The summed E-state index contributed by atoms with van der Waals surface area (Å²) in [4.78, 5) is 0. The van der Waals surface area contributed by atoms with Crippen LogP contribution in [0.2, 0.25) is 0 Å². The predicted molar refractivity (Wildman–Crippen MR) is 55.5 cm³/mol. The number of nitrogens with zero attached hydrogens (tertiary/aromatic N) is 3. The maximum atomic E-state index is 13.2. The van der Waals surface area contributed by atoms with Crippen molar-refractivity contribution < 1.29 is 35.1 Å². The van der Waals surface area contributed by atoms with Crippen molar-refractivity contribution in [3.63, 3.8) is 0 Å². The lowest BCUT2D eigenvalue weighted by Gasteiger charge is -2.20. The Balaban J connectivity index is 3.62. The van der Waals surface area contributed by atoms with Crippen LogP contribution >= 0.6 is 0 Å². The molecule has 1 aromatic heterocycles. The van der Waals surface area contributed by atoms with Gasteiger partial charge in [-0.25, -0.2) is 5.01 Å². The molecule has 0 unspecified atom stereocenters. The maximum absolute atomic E-state index is 13.2. The van der Waals surface area contributed by atoms with E-state index in [0.29, 0.717) is 0 Å². The molecule has 1 rings (SSSR count). The molecule has 0 bridgehead atoms. The van der Waals surface area contributed by atoms with Gasteiger partial charge in [0.05, 0.1) is 0 Å².